The molecular weight excluding hydrogens is 246 g/mol. The number of esters is 1. The Morgan fingerprint density at radius 3 is 2.63 bits per heavy atom. The van der Waals surface area contributed by atoms with E-state index in [-0.39, 0.29) is 13.2 Å². The standard InChI is InChI=1S/C14H19NO4/c1-3-14(16)19-13(9-17-4-2)10-18-12-7-5-11(15)6-8-12/h3,5-8,13H,1,4,9-10,15H2,2H3. The Balaban J connectivity index is 2.48. The number of anilines is 1. The molecule has 0 heterocycles. The molecular formula is C14H19NO4. The van der Waals surface area contributed by atoms with Crippen LogP contribution in [0.1, 0.15) is 6.92 Å². The van der Waals surface area contributed by atoms with Gasteiger partial charge < -0.3 is 19.9 Å². The van der Waals surface area contributed by atoms with Crippen molar-refractivity contribution in [2.75, 3.05) is 25.6 Å². The summed E-state index contributed by atoms with van der Waals surface area (Å²) in [6.45, 7) is 6.26. The number of rotatable bonds is 8. The van der Waals surface area contributed by atoms with Crippen LogP contribution in [0, 0.1) is 0 Å². The van der Waals surface area contributed by atoms with Gasteiger partial charge in [0.15, 0.2) is 6.10 Å². The quantitative estimate of drug-likeness (QED) is 0.441. The monoisotopic (exact) mass is 265 g/mol. The van der Waals surface area contributed by atoms with Crippen molar-refractivity contribution in [3.8, 4) is 5.75 Å². The molecule has 0 saturated heterocycles. The minimum Gasteiger partial charge on any atom is -0.490 e. The number of hydrogen-bond donors (Lipinski definition) is 1. The lowest BCUT2D eigenvalue weighted by Crippen LogP contribution is -2.29. The van der Waals surface area contributed by atoms with E-state index in [1.807, 2.05) is 6.92 Å². The van der Waals surface area contributed by atoms with Gasteiger partial charge >= 0.3 is 5.97 Å². The maximum Gasteiger partial charge on any atom is 0.330 e. The topological polar surface area (TPSA) is 70.8 Å². The lowest BCUT2D eigenvalue weighted by Gasteiger charge is -2.17. The molecule has 1 atom stereocenters. The number of hydrogen-bond acceptors (Lipinski definition) is 5. The number of nitrogens with two attached hydrogens (primary N) is 1. The summed E-state index contributed by atoms with van der Waals surface area (Å²) >= 11 is 0. The van der Waals surface area contributed by atoms with Crippen LogP contribution >= 0.6 is 0 Å². The van der Waals surface area contributed by atoms with Crippen LogP contribution in [0.4, 0.5) is 5.69 Å². The first-order valence-electron chi connectivity index (χ1n) is 6.04. The van der Waals surface area contributed by atoms with E-state index in [1.54, 1.807) is 24.3 Å². The van der Waals surface area contributed by atoms with E-state index in [2.05, 4.69) is 6.58 Å². The Morgan fingerprint density at radius 1 is 1.37 bits per heavy atom. The van der Waals surface area contributed by atoms with Gasteiger partial charge in [-0.1, -0.05) is 6.58 Å². The van der Waals surface area contributed by atoms with Crippen LogP contribution in [0.25, 0.3) is 0 Å². The maximum absolute atomic E-state index is 11.2. The lowest BCUT2D eigenvalue weighted by atomic mass is 10.3. The molecule has 0 saturated carbocycles. The van der Waals surface area contributed by atoms with Crippen molar-refractivity contribution in [3.05, 3.63) is 36.9 Å². The first kappa shape index (κ1) is 15.0. The summed E-state index contributed by atoms with van der Waals surface area (Å²) in [6.07, 6.45) is 0.644. The van der Waals surface area contributed by atoms with E-state index in [4.69, 9.17) is 19.9 Å². The fraction of sp³-hybridized carbons (Fsp3) is 0.357. The normalized spacial score (nSPS) is 11.6. The molecule has 5 heteroatoms. The van der Waals surface area contributed by atoms with E-state index in [0.717, 1.165) is 6.08 Å². The molecule has 0 fully saturated rings. The Labute approximate surface area is 113 Å². The summed E-state index contributed by atoms with van der Waals surface area (Å²) in [6, 6.07) is 6.98. The highest BCUT2D eigenvalue weighted by atomic mass is 16.6. The third kappa shape index (κ3) is 5.92. The van der Waals surface area contributed by atoms with E-state index < -0.39 is 12.1 Å². The first-order chi connectivity index (χ1) is 9.15. The summed E-state index contributed by atoms with van der Waals surface area (Å²) in [5.74, 6) is 0.163. The van der Waals surface area contributed by atoms with Gasteiger partial charge in [0.1, 0.15) is 12.4 Å². The van der Waals surface area contributed by atoms with Crippen molar-refractivity contribution in [3.63, 3.8) is 0 Å². The van der Waals surface area contributed by atoms with Crippen LogP contribution in [0.2, 0.25) is 0 Å². The SMILES string of the molecule is C=CC(=O)OC(COCC)COc1ccc(N)cc1. The summed E-state index contributed by atoms with van der Waals surface area (Å²) in [4.78, 5) is 11.2. The van der Waals surface area contributed by atoms with Crippen LogP contribution in [-0.2, 0) is 14.3 Å². The summed E-state index contributed by atoms with van der Waals surface area (Å²) in [7, 11) is 0. The molecule has 0 spiro atoms. The average molecular weight is 265 g/mol. The number of nitrogen functional groups attached to an aromatic ring is 1. The second kappa shape index (κ2) is 8.16. The van der Waals surface area contributed by atoms with E-state index in [9.17, 15) is 4.79 Å². The zero-order chi connectivity index (χ0) is 14.1. The van der Waals surface area contributed by atoms with Crippen LogP contribution < -0.4 is 10.5 Å². The van der Waals surface area contributed by atoms with Gasteiger partial charge in [-0.05, 0) is 31.2 Å². The molecule has 104 valence electrons. The van der Waals surface area contributed by atoms with Crippen molar-refractivity contribution in [1.29, 1.82) is 0 Å². The zero-order valence-electron chi connectivity index (χ0n) is 11.0. The van der Waals surface area contributed by atoms with Gasteiger partial charge in [0.05, 0.1) is 6.61 Å². The molecule has 0 aliphatic carbocycles. The van der Waals surface area contributed by atoms with Gasteiger partial charge in [-0.15, -0.1) is 0 Å². The highest BCUT2D eigenvalue weighted by molar-refractivity contribution is 5.81. The molecule has 0 bridgehead atoms. The average Bonchev–Trinajstić information content (AvgIpc) is 2.43. The fourth-order valence-corrected chi connectivity index (χ4v) is 1.33. The Bertz CT molecular complexity index is 402. The second-order valence-electron chi connectivity index (χ2n) is 3.80. The van der Waals surface area contributed by atoms with Crippen molar-refractivity contribution < 1.29 is 19.0 Å². The molecule has 19 heavy (non-hydrogen) atoms. The number of carbonyl (C=O) groups is 1. The minimum atomic E-state index is -0.495. The molecule has 0 radical (unpaired) electrons. The minimum absolute atomic E-state index is 0.212. The molecule has 1 aromatic carbocycles. The molecule has 0 aromatic heterocycles. The van der Waals surface area contributed by atoms with Crippen molar-refractivity contribution in [2.45, 2.75) is 13.0 Å². The number of ether oxygens (including phenoxy) is 3. The van der Waals surface area contributed by atoms with Crippen LogP contribution in [0.15, 0.2) is 36.9 Å². The van der Waals surface area contributed by atoms with Gasteiger partial charge in [-0.2, -0.15) is 0 Å². The van der Waals surface area contributed by atoms with Crippen LogP contribution in [0.3, 0.4) is 0 Å². The molecule has 2 N–H and O–H groups in total. The van der Waals surface area contributed by atoms with Gasteiger partial charge in [-0.3, -0.25) is 0 Å². The highest BCUT2D eigenvalue weighted by Crippen LogP contribution is 2.13. The van der Waals surface area contributed by atoms with Crippen molar-refractivity contribution in [2.24, 2.45) is 0 Å². The molecule has 1 unspecified atom stereocenters. The molecule has 0 aliphatic heterocycles. The third-order valence-electron chi connectivity index (χ3n) is 2.27. The Hall–Kier alpha value is -2.01. The predicted molar refractivity (Wildman–Crippen MR) is 72.9 cm³/mol. The summed E-state index contributed by atoms with van der Waals surface area (Å²) in [5.41, 5.74) is 6.24. The molecule has 1 rings (SSSR count). The van der Waals surface area contributed by atoms with Crippen molar-refractivity contribution in [1.82, 2.24) is 0 Å². The lowest BCUT2D eigenvalue weighted by molar-refractivity contribution is -0.147. The van der Waals surface area contributed by atoms with E-state index >= 15 is 0 Å². The van der Waals surface area contributed by atoms with Crippen molar-refractivity contribution >= 4 is 11.7 Å². The first-order valence-corrected chi connectivity index (χ1v) is 6.04. The number of benzene rings is 1. The smallest absolute Gasteiger partial charge is 0.330 e. The maximum atomic E-state index is 11.2. The van der Waals surface area contributed by atoms with E-state index in [0.29, 0.717) is 18.0 Å². The molecule has 1 aromatic rings. The molecule has 5 nitrogen and oxygen atoms in total. The number of carbonyl (C=O) groups excluding carboxylic acids is 1. The summed E-state index contributed by atoms with van der Waals surface area (Å²) < 4.78 is 15.9. The fourth-order valence-electron chi connectivity index (χ4n) is 1.33. The molecule has 0 amide bonds. The van der Waals surface area contributed by atoms with Gasteiger partial charge in [-0.25, -0.2) is 4.79 Å². The largest absolute Gasteiger partial charge is 0.490 e. The van der Waals surface area contributed by atoms with Gasteiger partial charge in [0.2, 0.25) is 0 Å². The highest BCUT2D eigenvalue weighted by Gasteiger charge is 2.14. The predicted octanol–water partition coefficient (Wildman–Crippen LogP) is 1.78. The Morgan fingerprint density at radius 2 is 2.05 bits per heavy atom. The van der Waals surface area contributed by atoms with E-state index in [1.165, 1.54) is 0 Å². The van der Waals surface area contributed by atoms with Crippen LogP contribution in [-0.4, -0.2) is 31.9 Å². The van der Waals surface area contributed by atoms with Gasteiger partial charge in [0, 0.05) is 18.4 Å². The van der Waals surface area contributed by atoms with Gasteiger partial charge in [0.25, 0.3) is 0 Å². The second-order valence-corrected chi connectivity index (χ2v) is 3.80. The van der Waals surface area contributed by atoms with Crippen LogP contribution in [0.5, 0.6) is 5.75 Å². The Kier molecular flexibility index (Phi) is 6.46. The zero-order valence-corrected chi connectivity index (χ0v) is 11.0. The third-order valence-corrected chi connectivity index (χ3v) is 2.27. The molecule has 0 aliphatic rings. The summed E-state index contributed by atoms with van der Waals surface area (Å²) in [5, 5.41) is 0.